The molecule has 1 saturated heterocycles. The van der Waals surface area contributed by atoms with Crippen molar-refractivity contribution in [3.63, 3.8) is 0 Å². The Morgan fingerprint density at radius 2 is 2.11 bits per heavy atom. The van der Waals surface area contributed by atoms with Gasteiger partial charge in [-0.1, -0.05) is 12.6 Å². The molecule has 1 rings (SSSR count). The summed E-state index contributed by atoms with van der Waals surface area (Å²) in [4.78, 5) is 11.1. The van der Waals surface area contributed by atoms with Crippen LogP contribution in [0.3, 0.4) is 0 Å². The molecule has 6 atom stereocenters. The predicted molar refractivity (Wildman–Crippen MR) is 61.5 cm³/mol. The van der Waals surface area contributed by atoms with Gasteiger partial charge in [-0.25, -0.2) is 0 Å². The fourth-order valence-corrected chi connectivity index (χ4v) is 1.90. The van der Waals surface area contributed by atoms with Crippen molar-refractivity contribution in [1.29, 1.82) is 0 Å². The van der Waals surface area contributed by atoms with Crippen molar-refractivity contribution < 1.29 is 35.1 Å². The highest BCUT2D eigenvalue weighted by molar-refractivity contribution is 7.96. The molecular formula is C9H17NO7S. The Balaban J connectivity index is 2.92. The molecule has 1 aliphatic heterocycles. The lowest BCUT2D eigenvalue weighted by Crippen LogP contribution is -2.65. The van der Waals surface area contributed by atoms with Gasteiger partial charge in [-0.3, -0.25) is 4.79 Å². The number of hydrogen-bond acceptors (Lipinski definition) is 8. The molecule has 0 spiro atoms. The number of hydrogen-bond donors (Lipinski definition) is 7. The lowest BCUT2D eigenvalue weighted by molar-refractivity contribution is -0.279. The molecule has 0 aliphatic carbocycles. The maximum atomic E-state index is 11.1. The number of carbonyl (C=O) groups excluding carboxylic acids is 1. The molecular weight excluding hydrogens is 266 g/mol. The van der Waals surface area contributed by atoms with Crippen molar-refractivity contribution in [2.24, 2.45) is 5.73 Å². The maximum Gasteiger partial charge on any atom is 0.245 e. The average Bonchev–Trinajstić information content (AvgIpc) is 2.31. The van der Waals surface area contributed by atoms with Gasteiger partial charge in [-0.2, -0.15) is 0 Å². The van der Waals surface area contributed by atoms with Gasteiger partial charge in [0, 0.05) is 6.42 Å². The smallest absolute Gasteiger partial charge is 0.245 e. The molecule has 9 heteroatoms. The summed E-state index contributed by atoms with van der Waals surface area (Å²) >= 11 is 3.42. The van der Waals surface area contributed by atoms with E-state index in [2.05, 4.69) is 12.6 Å². The molecule has 0 bridgehead atoms. The molecule has 0 aromatic rings. The maximum absolute atomic E-state index is 11.1. The summed E-state index contributed by atoms with van der Waals surface area (Å²) in [6.07, 6.45) is -6.48. The normalized spacial score (nSPS) is 40.3. The van der Waals surface area contributed by atoms with Gasteiger partial charge >= 0.3 is 0 Å². The summed E-state index contributed by atoms with van der Waals surface area (Å²) in [6, 6.07) is -1.13. The van der Waals surface area contributed by atoms with Crippen LogP contribution < -0.4 is 5.73 Å². The van der Waals surface area contributed by atoms with Crippen LogP contribution in [0.25, 0.3) is 0 Å². The molecule has 1 aliphatic rings. The van der Waals surface area contributed by atoms with E-state index < -0.39 is 54.4 Å². The molecule has 1 fully saturated rings. The minimum Gasteiger partial charge on any atom is -0.394 e. The first-order valence-electron chi connectivity index (χ1n) is 5.27. The van der Waals surface area contributed by atoms with Crippen molar-refractivity contribution in [2.45, 2.75) is 42.7 Å². The van der Waals surface area contributed by atoms with Gasteiger partial charge in [0.15, 0.2) is 0 Å². The van der Waals surface area contributed by atoms with Gasteiger partial charge in [0.25, 0.3) is 0 Å². The first-order valence-corrected chi connectivity index (χ1v) is 5.72. The Kier molecular flexibility index (Phi) is 5.09. The second-order valence-electron chi connectivity index (χ2n) is 4.26. The summed E-state index contributed by atoms with van der Waals surface area (Å²) in [5.41, 5.74) is 5.56. The Morgan fingerprint density at radius 1 is 1.56 bits per heavy atom. The summed E-state index contributed by atoms with van der Waals surface area (Å²) in [7, 11) is 0. The van der Waals surface area contributed by atoms with E-state index in [0.29, 0.717) is 0 Å². The van der Waals surface area contributed by atoms with Crippen molar-refractivity contribution in [3.05, 3.63) is 0 Å². The average molecular weight is 283 g/mol. The molecule has 8 nitrogen and oxygen atoms in total. The number of rotatable bonds is 4. The van der Waals surface area contributed by atoms with E-state index in [1.807, 2.05) is 0 Å². The van der Waals surface area contributed by atoms with E-state index >= 15 is 0 Å². The first kappa shape index (κ1) is 15.8. The van der Waals surface area contributed by atoms with Crippen LogP contribution in [0.2, 0.25) is 0 Å². The summed E-state index contributed by atoms with van der Waals surface area (Å²) in [5.74, 6) is -2.39. The topological polar surface area (TPSA) is 153 Å². The fourth-order valence-electron chi connectivity index (χ4n) is 1.75. The third kappa shape index (κ3) is 3.00. The third-order valence-electron chi connectivity index (χ3n) is 2.89. The Hall–Kier alpha value is -0.260. The van der Waals surface area contributed by atoms with Crippen LogP contribution in [-0.4, -0.2) is 73.5 Å². The Labute approximate surface area is 108 Å². The van der Waals surface area contributed by atoms with Crippen LogP contribution in [0.15, 0.2) is 0 Å². The Bertz CT molecular complexity index is 317. The second kappa shape index (κ2) is 5.80. The Morgan fingerprint density at radius 3 is 2.56 bits per heavy atom. The highest BCUT2D eigenvalue weighted by atomic mass is 32.1. The van der Waals surface area contributed by atoms with Crippen molar-refractivity contribution in [2.75, 3.05) is 6.61 Å². The molecule has 7 N–H and O–H groups in total. The van der Waals surface area contributed by atoms with E-state index in [4.69, 9.17) is 15.6 Å². The quantitative estimate of drug-likeness (QED) is 0.260. The molecule has 1 unspecified atom stereocenters. The van der Waals surface area contributed by atoms with Crippen molar-refractivity contribution >= 4 is 17.7 Å². The van der Waals surface area contributed by atoms with Gasteiger partial charge in [0.1, 0.15) is 18.3 Å². The zero-order chi connectivity index (χ0) is 14.1. The monoisotopic (exact) mass is 283 g/mol. The van der Waals surface area contributed by atoms with E-state index in [9.17, 15) is 25.2 Å². The van der Waals surface area contributed by atoms with Gasteiger partial charge in [-0.15, -0.1) is 0 Å². The van der Waals surface area contributed by atoms with Gasteiger partial charge in [0.2, 0.25) is 10.9 Å². The molecule has 0 saturated carbocycles. The van der Waals surface area contributed by atoms with E-state index in [-0.39, 0.29) is 0 Å². The zero-order valence-electron chi connectivity index (χ0n) is 9.38. The predicted octanol–water partition coefficient (Wildman–Crippen LogP) is -3.68. The third-order valence-corrected chi connectivity index (χ3v) is 3.24. The number of thiol groups is 1. The highest BCUT2D eigenvalue weighted by Crippen LogP contribution is 2.30. The van der Waals surface area contributed by atoms with Crippen molar-refractivity contribution in [3.8, 4) is 0 Å². The second-order valence-corrected chi connectivity index (χ2v) is 4.67. The fraction of sp³-hybridized carbons (Fsp3) is 0.889. The van der Waals surface area contributed by atoms with Crippen LogP contribution in [0.1, 0.15) is 6.42 Å². The number of ether oxygens (including phenoxy) is 1. The van der Waals surface area contributed by atoms with E-state index in [1.165, 1.54) is 0 Å². The van der Waals surface area contributed by atoms with Crippen LogP contribution in [0.5, 0.6) is 0 Å². The van der Waals surface area contributed by atoms with Gasteiger partial charge in [0.05, 0.1) is 18.8 Å². The van der Waals surface area contributed by atoms with Crippen molar-refractivity contribution in [1.82, 2.24) is 0 Å². The SMILES string of the molecule is N[C@H]1[C@H]([C@H](O)[C@H](O)CO)OC(O)(C(=O)S)C[C@@H]1O. The van der Waals surface area contributed by atoms with E-state index in [1.54, 1.807) is 0 Å². The lowest BCUT2D eigenvalue weighted by atomic mass is 9.90. The van der Waals surface area contributed by atoms with Gasteiger partial charge in [-0.05, 0) is 0 Å². The first-order chi connectivity index (χ1) is 8.23. The largest absolute Gasteiger partial charge is 0.394 e. The number of nitrogens with two attached hydrogens (primary N) is 1. The molecule has 106 valence electrons. The summed E-state index contributed by atoms with van der Waals surface area (Å²) in [6.45, 7) is -0.767. The van der Waals surface area contributed by atoms with E-state index in [0.717, 1.165) is 0 Å². The molecule has 0 aromatic carbocycles. The standard InChI is InChI=1S/C9H17NO7S/c10-5-3(12)1-9(16,8(15)18)17-7(5)6(14)4(13)2-11/h3-7,11-14,16H,1-2,10H2,(H,15,18)/t3-,4+,5+,6+,7+,9?/m0/s1. The molecule has 0 radical (unpaired) electrons. The van der Waals surface area contributed by atoms with Gasteiger partial charge < -0.3 is 36.0 Å². The lowest BCUT2D eigenvalue weighted by Gasteiger charge is -2.43. The van der Waals surface area contributed by atoms with Crippen LogP contribution in [0.4, 0.5) is 0 Å². The molecule has 1 heterocycles. The number of aliphatic hydroxyl groups is 5. The van der Waals surface area contributed by atoms with Crippen LogP contribution >= 0.6 is 12.6 Å². The molecule has 18 heavy (non-hydrogen) atoms. The van der Waals surface area contributed by atoms with Crippen LogP contribution in [-0.2, 0) is 9.53 Å². The zero-order valence-corrected chi connectivity index (χ0v) is 10.3. The number of carbonyl (C=O) groups is 1. The summed E-state index contributed by atoms with van der Waals surface area (Å²) in [5, 5.41) is 46.0. The van der Waals surface area contributed by atoms with Crippen LogP contribution in [0, 0.1) is 0 Å². The summed E-state index contributed by atoms with van der Waals surface area (Å²) < 4.78 is 4.93. The molecule has 0 amide bonds. The number of aliphatic hydroxyl groups excluding tert-OH is 4. The minimum absolute atomic E-state index is 0.491. The highest BCUT2D eigenvalue weighted by Gasteiger charge is 2.51. The minimum atomic E-state index is -2.39. The molecule has 0 aromatic heterocycles.